The molecular weight excluding hydrogens is 532 g/mol. The Morgan fingerprint density at radius 1 is 1.13 bits per heavy atom. The number of benzene rings is 1. The van der Waals surface area contributed by atoms with Gasteiger partial charge in [0.1, 0.15) is 16.3 Å². The SMILES string of the molecule is N/C=C(\C=NC1CC1)C1CC(c2nc(-c3ccc(C(F)(F)F)cc3F)c3sc(N4CCCC4)nc3n2)CCO1. The number of alkyl halides is 3. The summed E-state index contributed by atoms with van der Waals surface area (Å²) in [4.78, 5) is 21.0. The topological polar surface area (TPSA) is 89.5 Å². The van der Waals surface area contributed by atoms with Crippen LogP contribution in [-0.2, 0) is 10.9 Å². The van der Waals surface area contributed by atoms with Crippen LogP contribution in [0.3, 0.4) is 0 Å². The summed E-state index contributed by atoms with van der Waals surface area (Å²) in [5, 5.41) is 0.761. The maximum absolute atomic E-state index is 15.2. The molecule has 12 heteroatoms. The lowest BCUT2D eigenvalue weighted by atomic mass is 9.91. The molecule has 2 saturated heterocycles. The van der Waals surface area contributed by atoms with E-state index < -0.39 is 17.6 Å². The molecule has 2 atom stereocenters. The Bertz CT molecular complexity index is 1430. The van der Waals surface area contributed by atoms with E-state index >= 15 is 4.39 Å². The second kappa shape index (κ2) is 10.5. The van der Waals surface area contributed by atoms with E-state index in [9.17, 15) is 13.2 Å². The molecule has 6 rings (SSSR count). The van der Waals surface area contributed by atoms with Gasteiger partial charge in [0.05, 0.1) is 23.4 Å². The monoisotopic (exact) mass is 560 g/mol. The Morgan fingerprint density at radius 3 is 2.62 bits per heavy atom. The van der Waals surface area contributed by atoms with Crippen molar-refractivity contribution in [2.75, 3.05) is 24.6 Å². The number of hydrogen-bond acceptors (Lipinski definition) is 8. The molecule has 3 aliphatic rings. The summed E-state index contributed by atoms with van der Waals surface area (Å²) in [7, 11) is 0. The molecule has 1 aromatic carbocycles. The van der Waals surface area contributed by atoms with E-state index in [4.69, 9.17) is 25.4 Å². The molecule has 206 valence electrons. The average Bonchev–Trinajstić information content (AvgIpc) is 3.39. The standard InChI is InChI=1S/C27H28F4N6OS/c28-20-12-17(27(29,30)31)3-6-19(20)22-23-25(36-26(39-23)37-8-1-2-9-37)35-24(34-22)15-7-10-38-21(11-15)16(13-32)14-33-18-4-5-18/h3,6,12-15,18,21H,1-2,4-5,7-11,32H2/b16-13+,33-14?. The van der Waals surface area contributed by atoms with Crippen molar-refractivity contribution < 1.29 is 22.3 Å². The molecule has 7 nitrogen and oxygen atoms in total. The largest absolute Gasteiger partial charge is 0.416 e. The number of ether oxygens (including phenoxy) is 1. The number of anilines is 1. The minimum Gasteiger partial charge on any atom is -0.404 e. The van der Waals surface area contributed by atoms with E-state index in [1.807, 2.05) is 0 Å². The number of nitrogens with two attached hydrogens (primary N) is 1. The van der Waals surface area contributed by atoms with Crippen LogP contribution in [0.4, 0.5) is 22.7 Å². The Labute approximate surface area is 226 Å². The molecule has 1 aliphatic carbocycles. The summed E-state index contributed by atoms with van der Waals surface area (Å²) in [6.07, 6.45) is 3.79. The van der Waals surface area contributed by atoms with E-state index in [0.29, 0.717) is 47.7 Å². The highest BCUT2D eigenvalue weighted by Crippen LogP contribution is 2.40. The van der Waals surface area contributed by atoms with E-state index in [0.717, 1.165) is 61.6 Å². The van der Waals surface area contributed by atoms with Crippen molar-refractivity contribution in [2.24, 2.45) is 10.7 Å². The van der Waals surface area contributed by atoms with Crippen LogP contribution < -0.4 is 10.6 Å². The molecule has 2 aliphatic heterocycles. The molecule has 0 radical (unpaired) electrons. The van der Waals surface area contributed by atoms with Gasteiger partial charge < -0.3 is 15.4 Å². The van der Waals surface area contributed by atoms with Crippen molar-refractivity contribution in [3.8, 4) is 11.3 Å². The Morgan fingerprint density at radius 2 is 1.92 bits per heavy atom. The third-order valence-electron chi connectivity index (χ3n) is 7.38. The van der Waals surface area contributed by atoms with Gasteiger partial charge >= 0.3 is 6.18 Å². The number of aliphatic imine (C=N–C) groups is 1. The van der Waals surface area contributed by atoms with E-state index in [-0.39, 0.29) is 23.3 Å². The van der Waals surface area contributed by atoms with Crippen molar-refractivity contribution in [3.05, 3.63) is 47.2 Å². The number of nitrogens with zero attached hydrogens (tertiary/aromatic N) is 5. The third-order valence-corrected chi connectivity index (χ3v) is 8.49. The zero-order valence-corrected chi connectivity index (χ0v) is 21.9. The zero-order valence-electron chi connectivity index (χ0n) is 21.1. The van der Waals surface area contributed by atoms with Crippen LogP contribution in [0.5, 0.6) is 0 Å². The molecule has 0 bridgehead atoms. The Hall–Kier alpha value is -3.12. The van der Waals surface area contributed by atoms with E-state index in [1.165, 1.54) is 17.5 Å². The first-order valence-electron chi connectivity index (χ1n) is 13.2. The minimum atomic E-state index is -4.65. The maximum Gasteiger partial charge on any atom is 0.416 e. The van der Waals surface area contributed by atoms with Gasteiger partial charge in [0.2, 0.25) is 0 Å². The highest BCUT2D eigenvalue weighted by Gasteiger charge is 2.33. The number of halogens is 4. The predicted molar refractivity (Wildman–Crippen MR) is 143 cm³/mol. The lowest BCUT2D eigenvalue weighted by Crippen LogP contribution is -2.28. The molecule has 1 saturated carbocycles. The van der Waals surface area contributed by atoms with Gasteiger partial charge in [0, 0.05) is 49.2 Å². The number of thiazole rings is 1. The Balaban J connectivity index is 1.39. The number of rotatable bonds is 6. The minimum absolute atomic E-state index is 0.00371. The lowest BCUT2D eigenvalue weighted by Gasteiger charge is -2.29. The van der Waals surface area contributed by atoms with E-state index in [1.54, 1.807) is 6.21 Å². The fraction of sp³-hybridized carbons (Fsp3) is 0.481. The highest BCUT2D eigenvalue weighted by atomic mass is 32.1. The van der Waals surface area contributed by atoms with Crippen molar-refractivity contribution in [2.45, 2.75) is 62.8 Å². The van der Waals surface area contributed by atoms with Crippen LogP contribution in [0, 0.1) is 5.82 Å². The van der Waals surface area contributed by atoms with Crippen molar-refractivity contribution in [1.82, 2.24) is 15.0 Å². The fourth-order valence-corrected chi connectivity index (χ4v) is 6.10. The van der Waals surface area contributed by atoms with Crippen molar-refractivity contribution >= 4 is 33.0 Å². The summed E-state index contributed by atoms with van der Waals surface area (Å²) < 4.78 is 61.4. The number of fused-ring (bicyclic) bond motifs is 1. The second-order valence-electron chi connectivity index (χ2n) is 10.2. The lowest BCUT2D eigenvalue weighted by molar-refractivity contribution is -0.137. The molecule has 39 heavy (non-hydrogen) atoms. The summed E-state index contributed by atoms with van der Waals surface area (Å²) in [5.41, 5.74) is 6.31. The molecule has 3 aromatic rings. The van der Waals surface area contributed by atoms with Crippen LogP contribution in [-0.4, -0.2) is 53.0 Å². The normalized spacial score (nSPS) is 22.9. The van der Waals surface area contributed by atoms with Crippen LogP contribution in [0.1, 0.15) is 55.8 Å². The van der Waals surface area contributed by atoms with Gasteiger partial charge in [-0.05, 0) is 56.7 Å². The predicted octanol–water partition coefficient (Wildman–Crippen LogP) is 5.85. The smallest absolute Gasteiger partial charge is 0.404 e. The summed E-state index contributed by atoms with van der Waals surface area (Å²) in [5.74, 6) is -0.647. The molecule has 2 unspecified atom stereocenters. The first kappa shape index (κ1) is 26.1. The quantitative estimate of drug-likeness (QED) is 0.301. The van der Waals surface area contributed by atoms with Crippen molar-refractivity contribution in [3.63, 3.8) is 0 Å². The van der Waals surface area contributed by atoms with Gasteiger partial charge in [-0.1, -0.05) is 11.3 Å². The molecule has 3 fully saturated rings. The van der Waals surface area contributed by atoms with E-state index in [2.05, 4.69) is 9.89 Å². The van der Waals surface area contributed by atoms with Crippen LogP contribution in [0.2, 0.25) is 0 Å². The second-order valence-corrected chi connectivity index (χ2v) is 11.2. The van der Waals surface area contributed by atoms with Gasteiger partial charge in [0.25, 0.3) is 0 Å². The number of aromatic nitrogens is 3. The Kier molecular flexibility index (Phi) is 7.00. The third kappa shape index (κ3) is 5.49. The molecule has 4 heterocycles. The summed E-state index contributed by atoms with van der Waals surface area (Å²) in [6.45, 7) is 2.18. The molecule has 0 spiro atoms. The van der Waals surface area contributed by atoms with Crippen molar-refractivity contribution in [1.29, 1.82) is 0 Å². The first-order chi connectivity index (χ1) is 18.8. The average molecular weight is 561 g/mol. The van der Waals surface area contributed by atoms with Crippen LogP contribution in [0.15, 0.2) is 35.0 Å². The van der Waals surface area contributed by atoms with Gasteiger partial charge in [-0.3, -0.25) is 4.99 Å². The molecular formula is C27H28F4N6OS. The summed E-state index contributed by atoms with van der Waals surface area (Å²) in [6, 6.07) is 2.90. The molecule has 2 N–H and O–H groups in total. The highest BCUT2D eigenvalue weighted by molar-refractivity contribution is 7.22. The van der Waals surface area contributed by atoms with Gasteiger partial charge in [-0.15, -0.1) is 0 Å². The maximum atomic E-state index is 15.2. The molecule has 0 amide bonds. The number of hydrogen-bond donors (Lipinski definition) is 1. The van der Waals surface area contributed by atoms with Crippen LogP contribution in [0.25, 0.3) is 21.6 Å². The van der Waals surface area contributed by atoms with Crippen LogP contribution >= 0.6 is 11.3 Å². The zero-order chi connectivity index (χ0) is 27.1. The first-order valence-corrected chi connectivity index (χ1v) is 14.0. The van der Waals surface area contributed by atoms with Gasteiger partial charge in [-0.25, -0.2) is 14.4 Å². The summed E-state index contributed by atoms with van der Waals surface area (Å²) >= 11 is 1.35. The molecule has 2 aromatic heterocycles. The van der Waals surface area contributed by atoms with Gasteiger partial charge in [0.15, 0.2) is 10.8 Å². The van der Waals surface area contributed by atoms with Gasteiger partial charge in [-0.2, -0.15) is 18.2 Å². The fourth-order valence-electron chi connectivity index (χ4n) is 5.03.